The van der Waals surface area contributed by atoms with Crippen LogP contribution in [-0.4, -0.2) is 31.6 Å². The molecular weight excluding hydrogens is 448 g/mol. The number of halogens is 2. The van der Waals surface area contributed by atoms with Gasteiger partial charge in [0.15, 0.2) is 11.5 Å². The number of aromatic nitrogens is 5. The molecule has 0 fully saturated rings. The van der Waals surface area contributed by atoms with Gasteiger partial charge in [-0.15, -0.1) is 11.3 Å². The van der Waals surface area contributed by atoms with Gasteiger partial charge >= 0.3 is 0 Å². The molecule has 2 N–H and O–H groups in total. The molecule has 0 saturated carbocycles. The second-order valence-electron chi connectivity index (χ2n) is 7.08. The molecule has 0 aliphatic rings. The molecule has 0 atom stereocenters. The van der Waals surface area contributed by atoms with Crippen LogP contribution < -0.4 is 15.4 Å². The van der Waals surface area contributed by atoms with Gasteiger partial charge in [0.2, 0.25) is 5.95 Å². The van der Waals surface area contributed by atoms with Crippen LogP contribution in [0, 0.1) is 18.6 Å². The Morgan fingerprint density at radius 2 is 1.91 bits per heavy atom. The van der Waals surface area contributed by atoms with Crippen molar-refractivity contribution in [3.63, 3.8) is 0 Å². The van der Waals surface area contributed by atoms with E-state index in [1.807, 2.05) is 35.9 Å². The predicted octanol–water partition coefficient (Wildman–Crippen LogP) is 5.35. The van der Waals surface area contributed by atoms with Crippen molar-refractivity contribution in [3.05, 3.63) is 71.8 Å². The number of methoxy groups -OCH3 is 1. The number of benzene rings is 2. The number of thiazole rings is 1. The number of rotatable bonds is 6. The first kappa shape index (κ1) is 20.8. The SMILES string of the molecule is COc1cc(Nc2nc(Nc3ccc(F)cc3F)c3scnc3n2)ccc1-n1cnc(C)c1. The van der Waals surface area contributed by atoms with Crippen LogP contribution in [0.4, 0.5) is 31.9 Å². The number of fused-ring (bicyclic) bond motifs is 1. The molecule has 5 aromatic rings. The van der Waals surface area contributed by atoms with E-state index < -0.39 is 11.6 Å². The van der Waals surface area contributed by atoms with Crippen LogP contribution in [0.25, 0.3) is 16.0 Å². The van der Waals surface area contributed by atoms with Crippen molar-refractivity contribution in [1.29, 1.82) is 0 Å². The Hall–Kier alpha value is -4.12. The van der Waals surface area contributed by atoms with E-state index >= 15 is 0 Å². The summed E-state index contributed by atoms with van der Waals surface area (Å²) in [6.45, 7) is 1.91. The van der Waals surface area contributed by atoms with Crippen molar-refractivity contribution in [2.75, 3.05) is 17.7 Å². The zero-order valence-corrected chi connectivity index (χ0v) is 18.3. The summed E-state index contributed by atoms with van der Waals surface area (Å²) in [4.78, 5) is 17.4. The van der Waals surface area contributed by atoms with Gasteiger partial charge in [0.1, 0.15) is 22.1 Å². The number of imidazole rings is 1. The fourth-order valence-electron chi connectivity index (χ4n) is 3.27. The molecule has 33 heavy (non-hydrogen) atoms. The molecule has 166 valence electrons. The molecule has 0 bridgehead atoms. The largest absolute Gasteiger partial charge is 0.494 e. The molecule has 3 heterocycles. The minimum absolute atomic E-state index is 0.0948. The normalized spacial score (nSPS) is 11.0. The third kappa shape index (κ3) is 4.17. The van der Waals surface area contributed by atoms with Crippen LogP contribution in [0.3, 0.4) is 0 Å². The maximum absolute atomic E-state index is 14.2. The second-order valence-corrected chi connectivity index (χ2v) is 7.94. The Kier molecular flexibility index (Phi) is 5.31. The Bertz CT molecular complexity index is 1470. The average molecular weight is 465 g/mol. The summed E-state index contributed by atoms with van der Waals surface area (Å²) in [7, 11) is 1.59. The zero-order valence-electron chi connectivity index (χ0n) is 17.5. The highest BCUT2D eigenvalue weighted by atomic mass is 32.1. The molecule has 0 amide bonds. The van der Waals surface area contributed by atoms with Gasteiger partial charge < -0.3 is 19.9 Å². The number of anilines is 4. The Labute approximate surface area is 190 Å². The summed E-state index contributed by atoms with van der Waals surface area (Å²) in [5.41, 5.74) is 4.56. The third-order valence-electron chi connectivity index (χ3n) is 4.80. The van der Waals surface area contributed by atoms with E-state index in [0.29, 0.717) is 27.6 Å². The van der Waals surface area contributed by atoms with Crippen molar-refractivity contribution in [1.82, 2.24) is 24.5 Å². The molecule has 8 nitrogen and oxygen atoms in total. The average Bonchev–Trinajstić information content (AvgIpc) is 3.44. The van der Waals surface area contributed by atoms with Gasteiger partial charge in [-0.2, -0.15) is 9.97 Å². The molecule has 11 heteroatoms. The van der Waals surface area contributed by atoms with E-state index in [1.54, 1.807) is 18.9 Å². The van der Waals surface area contributed by atoms with E-state index in [9.17, 15) is 8.78 Å². The van der Waals surface area contributed by atoms with Gasteiger partial charge in [0.05, 0.1) is 36.0 Å². The lowest BCUT2D eigenvalue weighted by molar-refractivity contribution is 0.413. The molecule has 0 spiro atoms. The van der Waals surface area contributed by atoms with Gasteiger partial charge in [-0.25, -0.2) is 18.7 Å². The number of ether oxygens (including phenoxy) is 1. The van der Waals surface area contributed by atoms with E-state index in [1.165, 1.54) is 23.5 Å². The van der Waals surface area contributed by atoms with Crippen molar-refractivity contribution >= 4 is 44.8 Å². The summed E-state index contributed by atoms with van der Waals surface area (Å²) >= 11 is 1.31. The molecule has 5 rings (SSSR count). The molecular formula is C22H17F2N7OS. The predicted molar refractivity (Wildman–Crippen MR) is 123 cm³/mol. The van der Waals surface area contributed by atoms with Crippen LogP contribution in [0.5, 0.6) is 5.75 Å². The van der Waals surface area contributed by atoms with Crippen LogP contribution in [0.2, 0.25) is 0 Å². The molecule has 0 saturated heterocycles. The van der Waals surface area contributed by atoms with E-state index in [4.69, 9.17) is 4.74 Å². The molecule has 2 aromatic carbocycles. The van der Waals surface area contributed by atoms with Crippen LogP contribution >= 0.6 is 11.3 Å². The zero-order chi connectivity index (χ0) is 22.9. The van der Waals surface area contributed by atoms with E-state index in [2.05, 4.69) is 30.6 Å². The summed E-state index contributed by atoms with van der Waals surface area (Å²) < 4.78 is 35.5. The summed E-state index contributed by atoms with van der Waals surface area (Å²) in [6, 6.07) is 8.85. The molecule has 0 aliphatic heterocycles. The highest BCUT2D eigenvalue weighted by Gasteiger charge is 2.14. The van der Waals surface area contributed by atoms with Gasteiger partial charge in [-0.1, -0.05) is 0 Å². The van der Waals surface area contributed by atoms with Gasteiger partial charge in [0, 0.05) is 24.0 Å². The summed E-state index contributed by atoms with van der Waals surface area (Å²) in [6.07, 6.45) is 3.61. The lowest BCUT2D eigenvalue weighted by Crippen LogP contribution is -2.03. The molecule has 0 aliphatic carbocycles. The highest BCUT2D eigenvalue weighted by Crippen LogP contribution is 2.31. The Morgan fingerprint density at radius 1 is 1.03 bits per heavy atom. The fraction of sp³-hybridized carbons (Fsp3) is 0.0909. The monoisotopic (exact) mass is 465 g/mol. The standard InChI is InChI=1S/C22H17F2N7OS/c1-12-9-31(10-25-12)17-6-4-14(8-18(17)32-2)27-22-29-20-19(33-11-26-20)21(30-22)28-16-5-3-13(23)7-15(16)24/h3-11H,1-2H3,(H2,27,28,29,30). The second kappa shape index (κ2) is 8.43. The topological polar surface area (TPSA) is 89.8 Å². The lowest BCUT2D eigenvalue weighted by Gasteiger charge is -2.13. The van der Waals surface area contributed by atoms with E-state index in [-0.39, 0.29) is 11.6 Å². The van der Waals surface area contributed by atoms with Gasteiger partial charge in [-0.3, -0.25) is 0 Å². The number of hydrogen-bond donors (Lipinski definition) is 2. The molecule has 0 unspecified atom stereocenters. The number of aryl methyl sites for hydroxylation is 1. The quantitative estimate of drug-likeness (QED) is 0.349. The van der Waals surface area contributed by atoms with E-state index in [0.717, 1.165) is 17.4 Å². The maximum Gasteiger partial charge on any atom is 0.231 e. The minimum Gasteiger partial charge on any atom is -0.494 e. The number of hydrogen-bond acceptors (Lipinski definition) is 8. The van der Waals surface area contributed by atoms with Crippen LogP contribution in [0.1, 0.15) is 5.69 Å². The maximum atomic E-state index is 14.2. The first-order valence-corrected chi connectivity index (χ1v) is 10.7. The number of nitrogens with one attached hydrogen (secondary N) is 2. The van der Waals surface area contributed by atoms with Gasteiger partial charge in [0.25, 0.3) is 0 Å². The van der Waals surface area contributed by atoms with Crippen molar-refractivity contribution in [2.24, 2.45) is 0 Å². The highest BCUT2D eigenvalue weighted by molar-refractivity contribution is 7.17. The third-order valence-corrected chi connectivity index (χ3v) is 5.63. The van der Waals surface area contributed by atoms with Gasteiger partial charge in [-0.05, 0) is 31.2 Å². The summed E-state index contributed by atoms with van der Waals surface area (Å²) in [5, 5.41) is 6.05. The van der Waals surface area contributed by atoms with Crippen LogP contribution in [0.15, 0.2) is 54.4 Å². The van der Waals surface area contributed by atoms with Crippen molar-refractivity contribution in [3.8, 4) is 11.4 Å². The van der Waals surface area contributed by atoms with Crippen LogP contribution in [-0.2, 0) is 0 Å². The smallest absolute Gasteiger partial charge is 0.231 e. The number of nitrogens with zero attached hydrogens (tertiary/aromatic N) is 5. The first-order chi connectivity index (χ1) is 16.0. The van der Waals surface area contributed by atoms with Crippen molar-refractivity contribution in [2.45, 2.75) is 6.92 Å². The fourth-order valence-corrected chi connectivity index (χ4v) is 3.94. The molecule has 0 radical (unpaired) electrons. The Morgan fingerprint density at radius 3 is 2.67 bits per heavy atom. The Balaban J connectivity index is 1.48. The lowest BCUT2D eigenvalue weighted by atomic mass is 10.2. The summed E-state index contributed by atoms with van der Waals surface area (Å²) in [5.74, 6) is -0.149. The minimum atomic E-state index is -0.726. The van der Waals surface area contributed by atoms with Crippen molar-refractivity contribution < 1.29 is 13.5 Å². The first-order valence-electron chi connectivity index (χ1n) is 9.79. The molecule has 3 aromatic heterocycles.